The molecule has 0 aliphatic rings. The Morgan fingerprint density at radius 1 is 1.14 bits per heavy atom. The summed E-state index contributed by atoms with van der Waals surface area (Å²) in [6.45, 7) is 1.88. The van der Waals surface area contributed by atoms with E-state index in [1.54, 1.807) is 30.0 Å². The van der Waals surface area contributed by atoms with Crippen molar-refractivity contribution in [3.8, 4) is 28.4 Å². The summed E-state index contributed by atoms with van der Waals surface area (Å²) in [5.74, 6) is 1.42. The van der Waals surface area contributed by atoms with Crippen LogP contribution < -0.4 is 10.5 Å². The topological polar surface area (TPSA) is 86.2 Å². The van der Waals surface area contributed by atoms with Crippen LogP contribution in [0.3, 0.4) is 0 Å². The molecule has 0 unspecified atom stereocenters. The van der Waals surface area contributed by atoms with Gasteiger partial charge in [-0.2, -0.15) is 4.68 Å². The summed E-state index contributed by atoms with van der Waals surface area (Å²) in [5, 5.41) is 17.8. The second kappa shape index (κ2) is 5.40. The first kappa shape index (κ1) is 13.9. The molecule has 22 heavy (non-hydrogen) atoms. The summed E-state index contributed by atoms with van der Waals surface area (Å²) in [4.78, 5) is 0. The third kappa shape index (κ3) is 2.35. The number of hydrogen-bond acceptors (Lipinski definition) is 5. The Balaban J connectivity index is 2.04. The predicted molar refractivity (Wildman–Crippen MR) is 84.2 cm³/mol. The number of methoxy groups -OCH3 is 1. The monoisotopic (exact) mass is 296 g/mol. The smallest absolute Gasteiger partial charge is 0.155 e. The minimum Gasteiger partial charge on any atom is -0.508 e. The number of anilines is 1. The Bertz CT molecular complexity index is 810. The van der Waals surface area contributed by atoms with Crippen molar-refractivity contribution in [3.05, 3.63) is 48.0 Å². The molecule has 3 N–H and O–H groups in total. The van der Waals surface area contributed by atoms with Gasteiger partial charge in [-0.1, -0.05) is 5.21 Å². The van der Waals surface area contributed by atoms with E-state index in [0.29, 0.717) is 11.5 Å². The number of aromatic nitrogens is 3. The van der Waals surface area contributed by atoms with Gasteiger partial charge >= 0.3 is 0 Å². The van der Waals surface area contributed by atoms with Crippen LogP contribution in [0.2, 0.25) is 0 Å². The van der Waals surface area contributed by atoms with Crippen LogP contribution in [0.5, 0.6) is 11.5 Å². The first-order chi connectivity index (χ1) is 10.6. The summed E-state index contributed by atoms with van der Waals surface area (Å²) >= 11 is 0. The highest BCUT2D eigenvalue weighted by Crippen LogP contribution is 2.28. The molecule has 0 radical (unpaired) electrons. The zero-order valence-electron chi connectivity index (χ0n) is 12.3. The van der Waals surface area contributed by atoms with E-state index < -0.39 is 0 Å². The Morgan fingerprint density at radius 2 is 1.86 bits per heavy atom. The first-order valence-corrected chi connectivity index (χ1v) is 6.75. The summed E-state index contributed by atoms with van der Waals surface area (Å²) in [7, 11) is 1.62. The van der Waals surface area contributed by atoms with Gasteiger partial charge in [-0.05, 0) is 55.0 Å². The molecule has 3 aromatic rings. The first-order valence-electron chi connectivity index (χ1n) is 6.75. The van der Waals surface area contributed by atoms with Crippen LogP contribution in [0.4, 0.5) is 5.82 Å². The Hall–Kier alpha value is -3.02. The molecule has 0 fully saturated rings. The highest BCUT2D eigenvalue weighted by molar-refractivity contribution is 5.71. The number of aromatic hydroxyl groups is 1. The Morgan fingerprint density at radius 3 is 2.50 bits per heavy atom. The molecule has 112 valence electrons. The van der Waals surface area contributed by atoms with E-state index >= 15 is 0 Å². The number of benzene rings is 2. The van der Waals surface area contributed by atoms with E-state index in [-0.39, 0.29) is 5.75 Å². The summed E-state index contributed by atoms with van der Waals surface area (Å²) in [6.07, 6.45) is 0. The zero-order valence-corrected chi connectivity index (χ0v) is 12.3. The summed E-state index contributed by atoms with van der Waals surface area (Å²) in [5.41, 5.74) is 9.30. The lowest BCUT2D eigenvalue weighted by molar-refractivity contribution is 0.415. The molecule has 3 rings (SSSR count). The molecule has 0 aliphatic carbocycles. The zero-order chi connectivity index (χ0) is 15.7. The fourth-order valence-corrected chi connectivity index (χ4v) is 2.30. The van der Waals surface area contributed by atoms with Gasteiger partial charge in [0.05, 0.1) is 12.8 Å². The molecule has 1 aromatic heterocycles. The number of phenols is 1. The summed E-state index contributed by atoms with van der Waals surface area (Å²) in [6, 6.07) is 12.5. The highest BCUT2D eigenvalue weighted by atomic mass is 16.5. The maximum absolute atomic E-state index is 9.50. The van der Waals surface area contributed by atoms with Crippen LogP contribution in [0.1, 0.15) is 5.56 Å². The van der Waals surface area contributed by atoms with Gasteiger partial charge in [0.1, 0.15) is 17.2 Å². The van der Waals surface area contributed by atoms with E-state index in [0.717, 1.165) is 22.6 Å². The lowest BCUT2D eigenvalue weighted by atomic mass is 10.1. The van der Waals surface area contributed by atoms with Crippen LogP contribution in [0, 0.1) is 6.92 Å². The van der Waals surface area contributed by atoms with Crippen LogP contribution in [-0.2, 0) is 0 Å². The van der Waals surface area contributed by atoms with Crippen LogP contribution in [0.15, 0.2) is 42.5 Å². The number of rotatable bonds is 3. The third-order valence-electron chi connectivity index (χ3n) is 3.48. The molecule has 0 aliphatic heterocycles. The van der Waals surface area contributed by atoms with E-state index in [1.165, 1.54) is 0 Å². The van der Waals surface area contributed by atoms with Crippen LogP contribution >= 0.6 is 0 Å². The molecule has 0 saturated heterocycles. The maximum atomic E-state index is 9.50. The minimum absolute atomic E-state index is 0.204. The van der Waals surface area contributed by atoms with Gasteiger partial charge in [-0.25, -0.2) is 0 Å². The summed E-state index contributed by atoms with van der Waals surface area (Å²) < 4.78 is 6.70. The molecule has 6 nitrogen and oxygen atoms in total. The molecule has 1 heterocycles. The van der Waals surface area contributed by atoms with Crippen molar-refractivity contribution in [2.45, 2.75) is 6.92 Å². The third-order valence-corrected chi connectivity index (χ3v) is 3.48. The second-order valence-electron chi connectivity index (χ2n) is 4.93. The number of nitrogens with two attached hydrogens (primary N) is 1. The van der Waals surface area contributed by atoms with Crippen molar-refractivity contribution in [2.75, 3.05) is 12.8 Å². The lowest BCUT2D eigenvalue weighted by Crippen LogP contribution is -2.04. The lowest BCUT2D eigenvalue weighted by Gasteiger charge is -2.07. The standard InChI is InChI=1S/C16H16N4O2/c1-10-9-12(21)5-8-14(10)20-16(17)15(18-19-20)11-3-6-13(22-2)7-4-11/h3-9,21H,17H2,1-2H3. The van der Waals surface area contributed by atoms with Crippen molar-refractivity contribution in [1.29, 1.82) is 0 Å². The van der Waals surface area contributed by atoms with Gasteiger partial charge < -0.3 is 15.6 Å². The fraction of sp³-hybridized carbons (Fsp3) is 0.125. The average molecular weight is 296 g/mol. The van der Waals surface area contributed by atoms with Gasteiger partial charge in [-0.15, -0.1) is 5.10 Å². The van der Waals surface area contributed by atoms with Crippen molar-refractivity contribution in [3.63, 3.8) is 0 Å². The van der Waals surface area contributed by atoms with E-state index in [4.69, 9.17) is 10.5 Å². The molecule has 0 spiro atoms. The van der Waals surface area contributed by atoms with Crippen molar-refractivity contribution in [2.24, 2.45) is 0 Å². The SMILES string of the molecule is COc1ccc(-c2nnn(-c3ccc(O)cc3C)c2N)cc1. The van der Waals surface area contributed by atoms with Gasteiger partial charge in [0.15, 0.2) is 5.82 Å². The number of nitrogens with zero attached hydrogens (tertiary/aromatic N) is 3. The van der Waals surface area contributed by atoms with Crippen LogP contribution in [-0.4, -0.2) is 27.2 Å². The van der Waals surface area contributed by atoms with Crippen molar-refractivity contribution in [1.82, 2.24) is 15.0 Å². The number of nitrogen functional groups attached to an aromatic ring is 1. The van der Waals surface area contributed by atoms with Gasteiger partial charge in [0, 0.05) is 5.56 Å². The highest BCUT2D eigenvalue weighted by Gasteiger charge is 2.14. The largest absolute Gasteiger partial charge is 0.508 e. The number of ether oxygens (including phenoxy) is 1. The molecule has 0 amide bonds. The number of phenolic OH excluding ortho intramolecular Hbond substituents is 1. The fourth-order valence-electron chi connectivity index (χ4n) is 2.30. The normalized spacial score (nSPS) is 10.6. The molecule has 0 atom stereocenters. The average Bonchev–Trinajstić information content (AvgIpc) is 2.89. The van der Waals surface area contributed by atoms with Crippen molar-refractivity contribution < 1.29 is 9.84 Å². The molecule has 6 heteroatoms. The minimum atomic E-state index is 0.204. The molecule has 0 bridgehead atoms. The van der Waals surface area contributed by atoms with Gasteiger partial charge in [0.2, 0.25) is 0 Å². The van der Waals surface area contributed by atoms with Crippen LogP contribution in [0.25, 0.3) is 16.9 Å². The second-order valence-corrected chi connectivity index (χ2v) is 4.93. The molecule has 0 saturated carbocycles. The van der Waals surface area contributed by atoms with E-state index in [2.05, 4.69) is 10.3 Å². The molecular weight excluding hydrogens is 280 g/mol. The van der Waals surface area contributed by atoms with Crippen molar-refractivity contribution >= 4 is 5.82 Å². The quantitative estimate of drug-likeness (QED) is 0.775. The number of hydrogen-bond donors (Lipinski definition) is 2. The molecule has 2 aromatic carbocycles. The number of aryl methyl sites for hydroxylation is 1. The Labute approximate surface area is 127 Å². The van der Waals surface area contributed by atoms with Gasteiger partial charge in [-0.3, -0.25) is 0 Å². The van der Waals surface area contributed by atoms with Gasteiger partial charge in [0.25, 0.3) is 0 Å². The maximum Gasteiger partial charge on any atom is 0.155 e. The predicted octanol–water partition coefficient (Wildman–Crippen LogP) is 2.54. The Kier molecular flexibility index (Phi) is 3.42. The van der Waals surface area contributed by atoms with E-state index in [1.807, 2.05) is 31.2 Å². The van der Waals surface area contributed by atoms with E-state index in [9.17, 15) is 5.11 Å². The molecular formula is C16H16N4O2.